The van der Waals surface area contributed by atoms with Gasteiger partial charge in [-0.25, -0.2) is 8.78 Å². The molecular weight excluding hydrogens is 272 g/mol. The van der Waals surface area contributed by atoms with Gasteiger partial charge in [0, 0.05) is 13.0 Å². The maximum absolute atomic E-state index is 13.7. The Kier molecular flexibility index (Phi) is 3.80. The topological polar surface area (TPSA) is 29.1 Å². The third-order valence-electron chi connectivity index (χ3n) is 3.80. The number of halogens is 2. The second-order valence-electron chi connectivity index (χ2n) is 5.21. The van der Waals surface area contributed by atoms with Crippen LogP contribution in [0, 0.1) is 11.6 Å². The molecule has 2 aromatic carbocycles. The number of ketones is 1. The second-order valence-corrected chi connectivity index (χ2v) is 5.21. The Bertz CT molecular complexity index is 684. The van der Waals surface area contributed by atoms with Crippen LogP contribution in [0.1, 0.15) is 22.7 Å². The minimum atomic E-state index is -0.547. The van der Waals surface area contributed by atoms with Gasteiger partial charge in [-0.05, 0) is 41.3 Å². The zero-order chi connectivity index (χ0) is 14.8. The molecule has 0 bridgehead atoms. The molecule has 0 fully saturated rings. The van der Waals surface area contributed by atoms with Gasteiger partial charge >= 0.3 is 0 Å². The van der Waals surface area contributed by atoms with Gasteiger partial charge in [0.15, 0.2) is 5.78 Å². The minimum Gasteiger partial charge on any atom is -0.303 e. The van der Waals surface area contributed by atoms with Crippen LogP contribution in [0.15, 0.2) is 42.5 Å². The molecule has 1 N–H and O–H groups in total. The van der Waals surface area contributed by atoms with E-state index in [4.69, 9.17) is 0 Å². The lowest BCUT2D eigenvalue weighted by Crippen LogP contribution is -2.36. The number of nitrogens with one attached hydrogen (secondary N) is 1. The Morgan fingerprint density at radius 2 is 2.00 bits per heavy atom. The summed E-state index contributed by atoms with van der Waals surface area (Å²) in [6, 6.07) is 10.5. The molecule has 0 aromatic heterocycles. The highest BCUT2D eigenvalue weighted by Crippen LogP contribution is 2.25. The average Bonchev–Trinajstić information content (AvgIpc) is 2.50. The number of Topliss-reactive ketones (excluding diaryl/α,β-unsaturated/α-hetero) is 1. The molecule has 1 aliphatic heterocycles. The van der Waals surface area contributed by atoms with Crippen LogP contribution >= 0.6 is 0 Å². The smallest absolute Gasteiger partial charge is 0.158 e. The first-order valence-electron chi connectivity index (χ1n) is 6.93. The average molecular weight is 287 g/mol. The van der Waals surface area contributed by atoms with Crippen LogP contribution in [0.3, 0.4) is 0 Å². The summed E-state index contributed by atoms with van der Waals surface area (Å²) in [5.41, 5.74) is 2.17. The van der Waals surface area contributed by atoms with Crippen LogP contribution in [-0.4, -0.2) is 12.3 Å². The van der Waals surface area contributed by atoms with Crippen molar-refractivity contribution in [2.24, 2.45) is 0 Å². The molecule has 0 radical (unpaired) electrons. The lowest BCUT2D eigenvalue weighted by molar-refractivity contribution is -0.120. The van der Waals surface area contributed by atoms with E-state index in [1.165, 1.54) is 0 Å². The molecule has 1 aliphatic rings. The van der Waals surface area contributed by atoms with Crippen LogP contribution in [0.2, 0.25) is 0 Å². The molecule has 21 heavy (non-hydrogen) atoms. The van der Waals surface area contributed by atoms with Crippen molar-refractivity contribution in [1.29, 1.82) is 0 Å². The normalized spacial score (nSPS) is 17.3. The van der Waals surface area contributed by atoms with E-state index in [1.54, 1.807) is 0 Å². The maximum atomic E-state index is 13.7. The Morgan fingerprint density at radius 1 is 1.19 bits per heavy atom. The van der Waals surface area contributed by atoms with Gasteiger partial charge in [0.05, 0.1) is 6.04 Å². The predicted octanol–water partition coefficient (Wildman–Crippen LogP) is 2.96. The lowest BCUT2D eigenvalue weighted by Gasteiger charge is -2.26. The van der Waals surface area contributed by atoms with E-state index < -0.39 is 17.7 Å². The van der Waals surface area contributed by atoms with Crippen LogP contribution in [0.5, 0.6) is 0 Å². The predicted molar refractivity (Wildman–Crippen MR) is 76.0 cm³/mol. The summed E-state index contributed by atoms with van der Waals surface area (Å²) < 4.78 is 26.8. The standard InChI is InChI=1S/C17H15F2NO/c18-13-5-6-15(19)12(9-13)10-16(21)17-14-4-2-1-3-11(14)7-8-20-17/h1-6,9,17,20H,7-8,10H2. The van der Waals surface area contributed by atoms with E-state index in [2.05, 4.69) is 5.32 Å². The molecule has 1 unspecified atom stereocenters. The number of rotatable bonds is 3. The molecule has 2 aromatic rings. The van der Waals surface area contributed by atoms with E-state index in [0.717, 1.165) is 35.7 Å². The fourth-order valence-electron chi connectivity index (χ4n) is 2.76. The fraction of sp³-hybridized carbons (Fsp3) is 0.235. The van der Waals surface area contributed by atoms with Crippen molar-refractivity contribution in [3.63, 3.8) is 0 Å². The Hall–Kier alpha value is -2.07. The van der Waals surface area contributed by atoms with Gasteiger partial charge in [0.1, 0.15) is 11.6 Å². The zero-order valence-corrected chi connectivity index (χ0v) is 11.4. The van der Waals surface area contributed by atoms with Gasteiger partial charge in [0.25, 0.3) is 0 Å². The van der Waals surface area contributed by atoms with Crippen molar-refractivity contribution in [3.05, 3.63) is 70.8 Å². The van der Waals surface area contributed by atoms with E-state index in [0.29, 0.717) is 6.54 Å². The molecule has 0 spiro atoms. The molecule has 108 valence electrons. The minimum absolute atomic E-state index is 0.102. The van der Waals surface area contributed by atoms with Crippen molar-refractivity contribution in [3.8, 4) is 0 Å². The van der Waals surface area contributed by atoms with Crippen LogP contribution in [-0.2, 0) is 17.6 Å². The molecule has 0 aliphatic carbocycles. The largest absolute Gasteiger partial charge is 0.303 e. The molecule has 0 amide bonds. The number of carbonyl (C=O) groups is 1. The van der Waals surface area contributed by atoms with Crippen LogP contribution < -0.4 is 5.32 Å². The van der Waals surface area contributed by atoms with E-state index in [1.807, 2.05) is 24.3 Å². The SMILES string of the molecule is O=C(Cc1cc(F)ccc1F)C1NCCc2ccccc21. The molecule has 3 rings (SSSR count). The zero-order valence-electron chi connectivity index (χ0n) is 11.4. The third kappa shape index (κ3) is 2.85. The number of benzene rings is 2. The highest BCUT2D eigenvalue weighted by molar-refractivity contribution is 5.87. The lowest BCUT2D eigenvalue weighted by atomic mass is 9.90. The maximum Gasteiger partial charge on any atom is 0.158 e. The first-order chi connectivity index (χ1) is 10.1. The van der Waals surface area contributed by atoms with Crippen LogP contribution in [0.4, 0.5) is 8.78 Å². The van der Waals surface area contributed by atoms with E-state index in [9.17, 15) is 13.6 Å². The highest BCUT2D eigenvalue weighted by Gasteiger charge is 2.26. The van der Waals surface area contributed by atoms with Gasteiger partial charge in [-0.2, -0.15) is 0 Å². The number of fused-ring (bicyclic) bond motifs is 1. The summed E-state index contributed by atoms with van der Waals surface area (Å²) in [5, 5.41) is 3.16. The molecule has 1 heterocycles. The van der Waals surface area contributed by atoms with Crippen molar-refractivity contribution in [1.82, 2.24) is 5.32 Å². The van der Waals surface area contributed by atoms with Crippen molar-refractivity contribution in [2.45, 2.75) is 18.9 Å². The number of carbonyl (C=O) groups excluding carboxylic acids is 1. The summed E-state index contributed by atoms with van der Waals surface area (Å²) in [7, 11) is 0. The van der Waals surface area contributed by atoms with Gasteiger partial charge in [-0.15, -0.1) is 0 Å². The highest BCUT2D eigenvalue weighted by atomic mass is 19.1. The van der Waals surface area contributed by atoms with Gasteiger partial charge in [-0.3, -0.25) is 4.79 Å². The quantitative estimate of drug-likeness (QED) is 0.940. The summed E-state index contributed by atoms with van der Waals surface area (Å²) in [4.78, 5) is 12.4. The Morgan fingerprint density at radius 3 is 2.86 bits per heavy atom. The first kappa shape index (κ1) is 13.9. The summed E-state index contributed by atoms with van der Waals surface area (Å²) in [5.74, 6) is -1.23. The summed E-state index contributed by atoms with van der Waals surface area (Å²) in [6.45, 7) is 0.707. The monoisotopic (exact) mass is 287 g/mol. The first-order valence-corrected chi connectivity index (χ1v) is 6.93. The van der Waals surface area contributed by atoms with Crippen LogP contribution in [0.25, 0.3) is 0 Å². The fourth-order valence-corrected chi connectivity index (χ4v) is 2.76. The number of hydrogen-bond donors (Lipinski definition) is 1. The van der Waals surface area contributed by atoms with Crippen molar-refractivity contribution >= 4 is 5.78 Å². The van der Waals surface area contributed by atoms with E-state index in [-0.39, 0.29) is 17.8 Å². The molecule has 1 atom stereocenters. The molecule has 4 heteroatoms. The van der Waals surface area contributed by atoms with Gasteiger partial charge in [0.2, 0.25) is 0 Å². The van der Waals surface area contributed by atoms with Gasteiger partial charge in [-0.1, -0.05) is 24.3 Å². The van der Waals surface area contributed by atoms with Crippen molar-refractivity contribution < 1.29 is 13.6 Å². The summed E-state index contributed by atoms with van der Waals surface area (Å²) in [6.07, 6.45) is 0.754. The Balaban J connectivity index is 1.85. The summed E-state index contributed by atoms with van der Waals surface area (Å²) >= 11 is 0. The molecule has 0 saturated heterocycles. The van der Waals surface area contributed by atoms with Gasteiger partial charge < -0.3 is 5.32 Å². The molecule has 0 saturated carbocycles. The molecule has 2 nitrogen and oxygen atoms in total. The van der Waals surface area contributed by atoms with E-state index >= 15 is 0 Å². The molecular formula is C17H15F2NO. The van der Waals surface area contributed by atoms with Crippen molar-refractivity contribution in [2.75, 3.05) is 6.54 Å². The Labute approximate surface area is 121 Å². The second kappa shape index (κ2) is 5.74. The number of hydrogen-bond acceptors (Lipinski definition) is 2. The third-order valence-corrected chi connectivity index (χ3v) is 3.80.